The maximum atomic E-state index is 11.4. The highest BCUT2D eigenvalue weighted by molar-refractivity contribution is 5.91. The van der Waals surface area contributed by atoms with Crippen LogP contribution in [0.4, 0.5) is 5.69 Å². The summed E-state index contributed by atoms with van der Waals surface area (Å²) in [5.74, 6) is 0.252. The van der Waals surface area contributed by atoms with Gasteiger partial charge in [-0.2, -0.15) is 5.26 Å². The molecule has 0 amide bonds. The third kappa shape index (κ3) is 1.84. The van der Waals surface area contributed by atoms with Crippen LogP contribution < -0.4 is 9.64 Å². The summed E-state index contributed by atoms with van der Waals surface area (Å²) in [5.41, 5.74) is 0.922. The summed E-state index contributed by atoms with van der Waals surface area (Å²) < 4.78 is 5.12. The number of ether oxygens (including phenoxy) is 1. The lowest BCUT2D eigenvalue weighted by Crippen LogP contribution is -2.19. The number of hydrogen-bond acceptors (Lipinski definition) is 4. The first-order valence-corrected chi connectivity index (χ1v) is 5.06. The van der Waals surface area contributed by atoms with Gasteiger partial charge in [-0.15, -0.1) is 0 Å². The van der Waals surface area contributed by atoms with Gasteiger partial charge in [-0.3, -0.25) is 4.79 Å². The number of methoxy groups -OCH3 is 1. The number of nitrogens with zero attached hydrogens (tertiary/aromatic N) is 2. The minimum Gasteiger partial charge on any atom is -0.497 e. The van der Waals surface area contributed by atoms with Gasteiger partial charge in [0.25, 0.3) is 0 Å². The summed E-state index contributed by atoms with van der Waals surface area (Å²) in [6.07, 6.45) is 0. The lowest BCUT2D eigenvalue weighted by molar-refractivity contribution is -0.118. The van der Waals surface area contributed by atoms with Crippen LogP contribution in [0.25, 0.3) is 0 Å². The minimum atomic E-state index is -0.494. The first kappa shape index (κ1) is 10.5. The summed E-state index contributed by atoms with van der Waals surface area (Å²) in [7, 11) is 1.60. The van der Waals surface area contributed by atoms with Crippen LogP contribution in [-0.4, -0.2) is 26.0 Å². The Hall–Kier alpha value is -2.02. The molecule has 0 spiro atoms. The first-order chi connectivity index (χ1) is 7.74. The molecule has 2 rings (SSSR count). The Morgan fingerprint density at radius 1 is 1.56 bits per heavy atom. The van der Waals surface area contributed by atoms with Crippen molar-refractivity contribution >= 4 is 11.5 Å². The highest BCUT2D eigenvalue weighted by Gasteiger charge is 2.30. The van der Waals surface area contributed by atoms with E-state index in [0.717, 1.165) is 11.4 Å². The van der Waals surface area contributed by atoms with Crippen LogP contribution in [0, 0.1) is 17.2 Å². The molecule has 16 heavy (non-hydrogen) atoms. The molecule has 1 heterocycles. The topological polar surface area (TPSA) is 53.3 Å². The van der Waals surface area contributed by atoms with E-state index >= 15 is 0 Å². The van der Waals surface area contributed by atoms with Crippen molar-refractivity contribution in [2.24, 2.45) is 5.92 Å². The Labute approximate surface area is 94.0 Å². The zero-order valence-electron chi connectivity index (χ0n) is 9.01. The van der Waals surface area contributed by atoms with E-state index in [4.69, 9.17) is 10.00 Å². The molecule has 0 saturated carbocycles. The molecule has 0 aliphatic carbocycles. The third-order valence-electron chi connectivity index (χ3n) is 2.71. The van der Waals surface area contributed by atoms with Crippen molar-refractivity contribution in [1.29, 1.82) is 5.26 Å². The summed E-state index contributed by atoms with van der Waals surface area (Å²) >= 11 is 0. The average Bonchev–Trinajstić information content (AvgIpc) is 2.71. The van der Waals surface area contributed by atoms with Crippen LogP contribution in [0.3, 0.4) is 0 Å². The molecule has 1 aliphatic heterocycles. The van der Waals surface area contributed by atoms with Gasteiger partial charge < -0.3 is 9.64 Å². The second-order valence-corrected chi connectivity index (χ2v) is 3.73. The maximum Gasteiger partial charge on any atom is 0.170 e. The summed E-state index contributed by atoms with van der Waals surface area (Å²) in [5, 5.41) is 8.78. The molecule has 0 bridgehead atoms. The van der Waals surface area contributed by atoms with Crippen molar-refractivity contribution in [3.8, 4) is 11.8 Å². The zero-order valence-corrected chi connectivity index (χ0v) is 9.01. The predicted octanol–water partition coefficient (Wildman–Crippen LogP) is 1.22. The number of benzene rings is 1. The fourth-order valence-electron chi connectivity index (χ4n) is 1.80. The van der Waals surface area contributed by atoms with E-state index in [-0.39, 0.29) is 5.78 Å². The second-order valence-electron chi connectivity index (χ2n) is 3.73. The van der Waals surface area contributed by atoms with E-state index in [1.807, 2.05) is 35.2 Å². The molecule has 0 aromatic heterocycles. The maximum absolute atomic E-state index is 11.4. The standard InChI is InChI=1S/C12H12N2O2/c1-16-11-4-2-3-10(5-11)14-7-9(6-13)12(15)8-14/h2-5,9H,7-8H2,1H3. The molecule has 0 N–H and O–H groups in total. The van der Waals surface area contributed by atoms with Crippen molar-refractivity contribution in [3.63, 3.8) is 0 Å². The van der Waals surface area contributed by atoms with Crippen molar-refractivity contribution in [3.05, 3.63) is 24.3 Å². The number of carbonyl (C=O) groups is 1. The Bertz CT molecular complexity index is 451. The Kier molecular flexibility index (Phi) is 2.78. The summed E-state index contributed by atoms with van der Waals surface area (Å²) in [4.78, 5) is 13.3. The van der Waals surface area contributed by atoms with Gasteiger partial charge >= 0.3 is 0 Å². The number of anilines is 1. The highest BCUT2D eigenvalue weighted by atomic mass is 16.5. The molecule has 1 aromatic rings. The van der Waals surface area contributed by atoms with Gasteiger partial charge in [0, 0.05) is 18.3 Å². The van der Waals surface area contributed by atoms with Crippen molar-refractivity contribution in [2.75, 3.05) is 25.1 Å². The van der Waals surface area contributed by atoms with Crippen LogP contribution >= 0.6 is 0 Å². The van der Waals surface area contributed by atoms with Gasteiger partial charge in [0.05, 0.1) is 19.7 Å². The average molecular weight is 216 g/mol. The quantitative estimate of drug-likeness (QED) is 0.746. The highest BCUT2D eigenvalue weighted by Crippen LogP contribution is 2.25. The molecule has 1 saturated heterocycles. The van der Waals surface area contributed by atoms with Gasteiger partial charge in [-0.1, -0.05) is 6.07 Å². The van der Waals surface area contributed by atoms with E-state index in [9.17, 15) is 4.79 Å². The van der Waals surface area contributed by atoms with E-state index in [1.165, 1.54) is 0 Å². The number of rotatable bonds is 2. The molecule has 4 nitrogen and oxygen atoms in total. The first-order valence-electron chi connectivity index (χ1n) is 5.06. The van der Waals surface area contributed by atoms with Crippen LogP contribution in [-0.2, 0) is 4.79 Å². The minimum absolute atomic E-state index is 0.00896. The van der Waals surface area contributed by atoms with Crippen LogP contribution in [0.15, 0.2) is 24.3 Å². The van der Waals surface area contributed by atoms with E-state index in [1.54, 1.807) is 7.11 Å². The fraction of sp³-hybridized carbons (Fsp3) is 0.333. The molecule has 1 aromatic carbocycles. The largest absolute Gasteiger partial charge is 0.497 e. The molecule has 0 radical (unpaired) electrons. The number of hydrogen-bond donors (Lipinski definition) is 0. The molecule has 1 atom stereocenters. The zero-order chi connectivity index (χ0) is 11.5. The van der Waals surface area contributed by atoms with Crippen LogP contribution in [0.1, 0.15) is 0 Å². The molecule has 82 valence electrons. The smallest absolute Gasteiger partial charge is 0.170 e. The SMILES string of the molecule is COc1cccc(N2CC(=O)C(C#N)C2)c1. The molecular formula is C12H12N2O2. The molecule has 4 heteroatoms. The van der Waals surface area contributed by atoms with Crippen molar-refractivity contribution in [2.45, 2.75) is 0 Å². The van der Waals surface area contributed by atoms with E-state index in [0.29, 0.717) is 13.1 Å². The van der Waals surface area contributed by atoms with E-state index < -0.39 is 5.92 Å². The number of carbonyl (C=O) groups excluding carboxylic acids is 1. The second kappa shape index (κ2) is 4.23. The van der Waals surface area contributed by atoms with Gasteiger partial charge in [-0.25, -0.2) is 0 Å². The molecule has 1 aliphatic rings. The van der Waals surface area contributed by atoms with Gasteiger partial charge in [0.2, 0.25) is 0 Å². The van der Waals surface area contributed by atoms with Gasteiger partial charge in [0.1, 0.15) is 11.7 Å². The van der Waals surface area contributed by atoms with Crippen LogP contribution in [0.2, 0.25) is 0 Å². The normalized spacial score (nSPS) is 19.6. The molecule has 1 unspecified atom stereocenters. The number of Topliss-reactive ketones (excluding diaryl/α,β-unsaturated/α-hetero) is 1. The summed E-state index contributed by atoms with van der Waals surface area (Å²) in [6.45, 7) is 0.786. The van der Waals surface area contributed by atoms with Gasteiger partial charge in [-0.05, 0) is 12.1 Å². The third-order valence-corrected chi connectivity index (χ3v) is 2.71. The van der Waals surface area contributed by atoms with Crippen molar-refractivity contribution < 1.29 is 9.53 Å². The monoisotopic (exact) mass is 216 g/mol. The lowest BCUT2D eigenvalue weighted by Gasteiger charge is -2.17. The van der Waals surface area contributed by atoms with Gasteiger partial charge in [0.15, 0.2) is 5.78 Å². The van der Waals surface area contributed by atoms with Crippen LogP contribution in [0.5, 0.6) is 5.75 Å². The summed E-state index contributed by atoms with van der Waals surface area (Å²) in [6, 6.07) is 9.52. The molecular weight excluding hydrogens is 204 g/mol. The Morgan fingerprint density at radius 2 is 2.38 bits per heavy atom. The predicted molar refractivity (Wildman–Crippen MR) is 59.3 cm³/mol. The van der Waals surface area contributed by atoms with E-state index in [2.05, 4.69) is 0 Å². The molecule has 1 fully saturated rings. The Balaban J connectivity index is 2.20. The number of nitriles is 1. The Morgan fingerprint density at radius 3 is 3.00 bits per heavy atom. The number of ketones is 1. The van der Waals surface area contributed by atoms with Crippen molar-refractivity contribution in [1.82, 2.24) is 0 Å². The fourth-order valence-corrected chi connectivity index (χ4v) is 1.80. The lowest BCUT2D eigenvalue weighted by atomic mass is 10.1.